The lowest BCUT2D eigenvalue weighted by atomic mass is 9.71. The fraction of sp³-hybridized carbons (Fsp3) is 0.364. The van der Waals surface area contributed by atoms with E-state index in [-0.39, 0.29) is 16.9 Å². The van der Waals surface area contributed by atoms with E-state index in [1.165, 1.54) is 16.8 Å². The van der Waals surface area contributed by atoms with Crippen LogP contribution < -0.4 is 0 Å². The predicted molar refractivity (Wildman–Crippen MR) is 111 cm³/mol. The number of nitrogens with zero attached hydrogens (tertiary/aromatic N) is 4. The molecule has 172 valence electrons. The molecule has 0 radical (unpaired) electrons. The number of aromatic amines is 1. The second-order valence-electron chi connectivity index (χ2n) is 8.61. The molecule has 2 N–H and O–H groups in total. The van der Waals surface area contributed by atoms with Crippen molar-refractivity contribution in [3.8, 4) is 11.4 Å². The molecule has 4 aromatic rings. The Bertz CT molecular complexity index is 1390. The van der Waals surface area contributed by atoms with Gasteiger partial charge in [0.15, 0.2) is 5.82 Å². The van der Waals surface area contributed by atoms with Crippen molar-refractivity contribution in [2.75, 3.05) is 0 Å². The monoisotopic (exact) mass is 461 g/mol. The van der Waals surface area contributed by atoms with Crippen LogP contribution in [0.1, 0.15) is 44.2 Å². The van der Waals surface area contributed by atoms with Gasteiger partial charge in [-0.15, -0.1) is 0 Å². The Morgan fingerprint density at radius 2 is 2.03 bits per heavy atom. The highest BCUT2D eigenvalue weighted by atomic mass is 19.4. The molecule has 0 amide bonds. The molecule has 7 nitrogen and oxygen atoms in total. The lowest BCUT2D eigenvalue weighted by molar-refractivity contribution is -0.152. The number of nitrogens with one attached hydrogen (secondary N) is 1. The summed E-state index contributed by atoms with van der Waals surface area (Å²) in [4.78, 5) is 27.5. The van der Waals surface area contributed by atoms with E-state index in [1.807, 2.05) is 0 Å². The van der Waals surface area contributed by atoms with Gasteiger partial charge in [-0.2, -0.15) is 13.2 Å². The molecule has 1 fully saturated rings. The summed E-state index contributed by atoms with van der Waals surface area (Å²) in [6, 6.07) is 0.525. The number of aliphatic carboxylic acids is 1. The summed E-state index contributed by atoms with van der Waals surface area (Å²) in [6.45, 7) is 1.56. The highest BCUT2D eigenvalue weighted by molar-refractivity contribution is 5.93. The van der Waals surface area contributed by atoms with Crippen LogP contribution >= 0.6 is 0 Å². The van der Waals surface area contributed by atoms with Crippen LogP contribution in [0.25, 0.3) is 33.5 Å². The molecule has 0 unspecified atom stereocenters. The highest BCUT2D eigenvalue weighted by Gasteiger charge is 2.46. The first-order valence-corrected chi connectivity index (χ1v) is 10.4. The van der Waals surface area contributed by atoms with Crippen molar-refractivity contribution in [1.82, 2.24) is 24.5 Å². The van der Waals surface area contributed by atoms with E-state index in [4.69, 9.17) is 0 Å². The van der Waals surface area contributed by atoms with Crippen LogP contribution in [-0.4, -0.2) is 35.6 Å². The van der Waals surface area contributed by atoms with Gasteiger partial charge in [0.25, 0.3) is 0 Å². The predicted octanol–water partition coefficient (Wildman–Crippen LogP) is 5.34. The van der Waals surface area contributed by atoms with Crippen molar-refractivity contribution in [2.24, 2.45) is 5.41 Å². The fourth-order valence-corrected chi connectivity index (χ4v) is 4.80. The minimum Gasteiger partial charge on any atom is -0.481 e. The molecule has 1 aliphatic carbocycles. The summed E-state index contributed by atoms with van der Waals surface area (Å²) in [6.07, 6.45) is 2.04. The minimum absolute atomic E-state index is 0.00888. The number of fused-ring (bicyclic) bond motifs is 2. The lowest BCUT2D eigenvalue weighted by Crippen LogP contribution is -2.39. The smallest absolute Gasteiger partial charge is 0.418 e. The maximum absolute atomic E-state index is 13.8. The van der Waals surface area contributed by atoms with Crippen LogP contribution in [0.5, 0.6) is 0 Å². The third-order valence-corrected chi connectivity index (χ3v) is 6.60. The van der Waals surface area contributed by atoms with E-state index < -0.39 is 35.0 Å². The average Bonchev–Trinajstić information content (AvgIpc) is 3.34. The van der Waals surface area contributed by atoms with Gasteiger partial charge in [0, 0.05) is 34.9 Å². The van der Waals surface area contributed by atoms with E-state index >= 15 is 0 Å². The molecule has 5 rings (SSSR count). The first-order valence-electron chi connectivity index (χ1n) is 10.4. The van der Waals surface area contributed by atoms with Crippen LogP contribution in [0.15, 0.2) is 30.9 Å². The maximum atomic E-state index is 13.8. The van der Waals surface area contributed by atoms with Gasteiger partial charge in [-0.3, -0.25) is 4.79 Å². The summed E-state index contributed by atoms with van der Waals surface area (Å²) in [5.41, 5.74) is -1.41. The number of carbonyl (C=O) groups is 1. The first kappa shape index (κ1) is 21.4. The second-order valence-corrected chi connectivity index (χ2v) is 8.61. The van der Waals surface area contributed by atoms with Crippen LogP contribution in [-0.2, 0) is 11.0 Å². The van der Waals surface area contributed by atoms with Gasteiger partial charge in [0.05, 0.1) is 23.2 Å². The van der Waals surface area contributed by atoms with Gasteiger partial charge >= 0.3 is 12.1 Å². The Morgan fingerprint density at radius 3 is 2.76 bits per heavy atom. The molecule has 33 heavy (non-hydrogen) atoms. The van der Waals surface area contributed by atoms with Crippen LogP contribution in [0.2, 0.25) is 0 Å². The van der Waals surface area contributed by atoms with Gasteiger partial charge in [-0.1, -0.05) is 12.8 Å². The number of rotatable bonds is 3. The summed E-state index contributed by atoms with van der Waals surface area (Å²) in [7, 11) is 0. The molecule has 4 heterocycles. The zero-order valence-corrected chi connectivity index (χ0v) is 17.4. The lowest BCUT2D eigenvalue weighted by Gasteiger charge is -2.39. The molecule has 0 saturated heterocycles. The zero-order valence-electron chi connectivity index (χ0n) is 17.4. The Morgan fingerprint density at radius 1 is 1.24 bits per heavy atom. The Labute approximate surface area is 184 Å². The second kappa shape index (κ2) is 7.26. The third kappa shape index (κ3) is 3.33. The minimum atomic E-state index is -4.67. The number of hydrogen-bond acceptors (Lipinski definition) is 4. The van der Waals surface area contributed by atoms with E-state index in [0.29, 0.717) is 42.3 Å². The van der Waals surface area contributed by atoms with Crippen molar-refractivity contribution < 1.29 is 27.5 Å². The summed E-state index contributed by atoms with van der Waals surface area (Å²) in [5.74, 6) is -1.55. The van der Waals surface area contributed by atoms with Crippen LogP contribution in [0, 0.1) is 11.2 Å². The third-order valence-electron chi connectivity index (χ3n) is 6.60. The highest BCUT2D eigenvalue weighted by Crippen LogP contribution is 2.47. The summed E-state index contributed by atoms with van der Waals surface area (Å²) >= 11 is 0. The standard InChI is InChI=1S/C22H19F4N5O2/c1-21(20(32)33)5-3-2-4-16(21)31-10-15(22(24,25)26)14-9-29-18(30-19(14)31)13-8-28-17-12(13)6-11(23)7-27-17/h6-10,16H,2-5H2,1H3,(H,27,28)(H,32,33)/t16-,21-/m1/s1. The van der Waals surface area contributed by atoms with Gasteiger partial charge in [-0.05, 0) is 25.8 Å². The SMILES string of the molecule is C[C@@]1(C(=O)O)CCCC[C@H]1n1cc(C(F)(F)F)c2cnc(-c3c[nH]c4ncc(F)cc34)nc21. The van der Waals surface area contributed by atoms with Gasteiger partial charge < -0.3 is 14.7 Å². The molecule has 0 aromatic carbocycles. The number of aromatic nitrogens is 5. The largest absolute Gasteiger partial charge is 0.481 e. The molecule has 2 atom stereocenters. The van der Waals surface area contributed by atoms with Crippen LogP contribution in [0.4, 0.5) is 17.6 Å². The van der Waals surface area contributed by atoms with Gasteiger partial charge in [0.1, 0.15) is 17.1 Å². The molecule has 1 saturated carbocycles. The molecular weight excluding hydrogens is 442 g/mol. The number of halogens is 4. The topological polar surface area (TPSA) is 96.7 Å². The molecule has 4 aromatic heterocycles. The van der Waals surface area contributed by atoms with Crippen molar-refractivity contribution in [2.45, 2.75) is 44.8 Å². The molecule has 0 aliphatic heterocycles. The quantitative estimate of drug-likeness (QED) is 0.402. The van der Waals surface area contributed by atoms with Gasteiger partial charge in [-0.25, -0.2) is 19.3 Å². The van der Waals surface area contributed by atoms with Crippen LogP contribution in [0.3, 0.4) is 0 Å². The van der Waals surface area contributed by atoms with Crippen molar-refractivity contribution >= 4 is 28.0 Å². The normalized spacial score (nSPS) is 21.7. The van der Waals surface area contributed by atoms with Crippen molar-refractivity contribution in [3.05, 3.63) is 42.2 Å². The number of hydrogen-bond donors (Lipinski definition) is 2. The maximum Gasteiger partial charge on any atom is 0.418 e. The number of carboxylic acid groups (broad SMARTS) is 1. The number of alkyl halides is 3. The first-order chi connectivity index (χ1) is 15.6. The number of pyridine rings is 1. The van der Waals surface area contributed by atoms with Crippen molar-refractivity contribution in [3.63, 3.8) is 0 Å². The molecule has 1 aliphatic rings. The molecule has 0 spiro atoms. The molecular formula is C22H19F4N5O2. The van der Waals surface area contributed by atoms with Gasteiger partial charge in [0.2, 0.25) is 0 Å². The Hall–Kier alpha value is -3.50. The summed E-state index contributed by atoms with van der Waals surface area (Å²) in [5, 5.41) is 10.1. The number of carboxylic acids is 1. The van der Waals surface area contributed by atoms with E-state index in [2.05, 4.69) is 19.9 Å². The number of H-pyrrole nitrogens is 1. The van der Waals surface area contributed by atoms with E-state index in [1.54, 1.807) is 6.92 Å². The van der Waals surface area contributed by atoms with Crippen molar-refractivity contribution in [1.29, 1.82) is 0 Å². The Kier molecular flexibility index (Phi) is 4.69. The Balaban J connectivity index is 1.75. The fourth-order valence-electron chi connectivity index (χ4n) is 4.80. The molecule has 11 heteroatoms. The van der Waals surface area contributed by atoms with E-state index in [9.17, 15) is 27.5 Å². The van der Waals surface area contributed by atoms with E-state index in [0.717, 1.165) is 18.6 Å². The zero-order chi connectivity index (χ0) is 23.5. The molecule has 0 bridgehead atoms. The average molecular weight is 461 g/mol. The summed E-state index contributed by atoms with van der Waals surface area (Å²) < 4.78 is 56.6.